The standard InChI is InChI=1S/C23H27F3N4O2/c1-2-29(18-8-4-3-5-9-18)17-22(32)30-14-12-28(13-15-30)16-21(31)27-20-11-7-6-10-19(20)23(24,25)26/h3-11H,2,12-17H2,1H3,(H,27,31). The third-order valence-electron chi connectivity index (χ3n) is 5.43. The van der Waals surface area contributed by atoms with E-state index in [0.29, 0.717) is 32.7 Å². The summed E-state index contributed by atoms with van der Waals surface area (Å²) in [5, 5.41) is 2.36. The minimum absolute atomic E-state index is 0.0129. The number of anilines is 2. The van der Waals surface area contributed by atoms with Crippen molar-refractivity contribution in [1.29, 1.82) is 0 Å². The van der Waals surface area contributed by atoms with Crippen LogP contribution < -0.4 is 10.2 Å². The van der Waals surface area contributed by atoms with E-state index in [4.69, 9.17) is 0 Å². The number of carbonyl (C=O) groups is 2. The fourth-order valence-corrected chi connectivity index (χ4v) is 3.68. The molecule has 1 fully saturated rings. The predicted octanol–water partition coefficient (Wildman–Crippen LogP) is 3.31. The summed E-state index contributed by atoms with van der Waals surface area (Å²) in [5.74, 6) is -0.498. The van der Waals surface area contributed by atoms with Crippen molar-refractivity contribution in [3.63, 3.8) is 0 Å². The minimum atomic E-state index is -4.54. The Balaban J connectivity index is 1.49. The van der Waals surface area contributed by atoms with Crippen LogP contribution in [0, 0.1) is 0 Å². The van der Waals surface area contributed by atoms with Crippen LogP contribution in [0.25, 0.3) is 0 Å². The molecule has 1 aliphatic heterocycles. The number of hydrogen-bond donors (Lipinski definition) is 1. The maximum atomic E-state index is 13.1. The Kier molecular flexibility index (Phi) is 7.74. The molecule has 2 aromatic rings. The van der Waals surface area contributed by atoms with Gasteiger partial charge in [-0.05, 0) is 31.2 Å². The number of benzene rings is 2. The number of para-hydroxylation sites is 2. The fraction of sp³-hybridized carbons (Fsp3) is 0.391. The normalized spacial score (nSPS) is 14.8. The molecule has 6 nitrogen and oxygen atoms in total. The summed E-state index contributed by atoms with van der Waals surface area (Å²) in [4.78, 5) is 30.6. The lowest BCUT2D eigenvalue weighted by Gasteiger charge is -2.35. The number of piperazine rings is 1. The van der Waals surface area contributed by atoms with Crippen LogP contribution in [0.4, 0.5) is 24.5 Å². The number of likely N-dealkylation sites (N-methyl/N-ethyl adjacent to an activating group) is 1. The number of nitrogens with one attached hydrogen (secondary N) is 1. The van der Waals surface area contributed by atoms with Gasteiger partial charge in [0.05, 0.1) is 24.3 Å². The van der Waals surface area contributed by atoms with Gasteiger partial charge < -0.3 is 15.1 Å². The molecule has 0 aliphatic carbocycles. The number of carbonyl (C=O) groups excluding carboxylic acids is 2. The van der Waals surface area contributed by atoms with E-state index in [1.165, 1.54) is 18.2 Å². The Labute approximate surface area is 185 Å². The van der Waals surface area contributed by atoms with Crippen LogP contribution in [0.1, 0.15) is 12.5 Å². The Morgan fingerprint density at radius 1 is 0.969 bits per heavy atom. The van der Waals surface area contributed by atoms with E-state index in [2.05, 4.69) is 5.32 Å². The van der Waals surface area contributed by atoms with Crippen molar-refractivity contribution in [3.8, 4) is 0 Å². The third-order valence-corrected chi connectivity index (χ3v) is 5.43. The van der Waals surface area contributed by atoms with E-state index in [0.717, 1.165) is 11.8 Å². The fourth-order valence-electron chi connectivity index (χ4n) is 3.68. The Morgan fingerprint density at radius 3 is 2.22 bits per heavy atom. The first-order chi connectivity index (χ1) is 15.3. The van der Waals surface area contributed by atoms with Gasteiger partial charge in [0.15, 0.2) is 0 Å². The zero-order valence-electron chi connectivity index (χ0n) is 17.9. The molecule has 1 saturated heterocycles. The van der Waals surface area contributed by atoms with Crippen molar-refractivity contribution in [1.82, 2.24) is 9.80 Å². The average molecular weight is 448 g/mol. The molecule has 9 heteroatoms. The van der Waals surface area contributed by atoms with Gasteiger partial charge in [0.25, 0.3) is 0 Å². The van der Waals surface area contributed by atoms with Crippen LogP contribution in [0.3, 0.4) is 0 Å². The molecule has 0 atom stereocenters. The van der Waals surface area contributed by atoms with Crippen LogP contribution in [0.15, 0.2) is 54.6 Å². The number of hydrogen-bond acceptors (Lipinski definition) is 4. The van der Waals surface area contributed by atoms with E-state index in [1.54, 1.807) is 4.90 Å². The van der Waals surface area contributed by atoms with Gasteiger partial charge in [-0.2, -0.15) is 13.2 Å². The third kappa shape index (κ3) is 6.23. The summed E-state index contributed by atoms with van der Waals surface area (Å²) < 4.78 is 39.3. The molecule has 0 radical (unpaired) electrons. The molecule has 0 saturated carbocycles. The van der Waals surface area contributed by atoms with Crippen molar-refractivity contribution in [3.05, 3.63) is 60.2 Å². The first kappa shape index (κ1) is 23.6. The quantitative estimate of drug-likeness (QED) is 0.706. The van der Waals surface area contributed by atoms with Crippen LogP contribution in [-0.2, 0) is 15.8 Å². The topological polar surface area (TPSA) is 55.9 Å². The highest BCUT2D eigenvalue weighted by Gasteiger charge is 2.33. The highest BCUT2D eigenvalue weighted by Crippen LogP contribution is 2.34. The highest BCUT2D eigenvalue weighted by molar-refractivity contribution is 5.93. The van der Waals surface area contributed by atoms with Gasteiger partial charge in [0, 0.05) is 38.4 Å². The minimum Gasteiger partial charge on any atom is -0.362 e. The number of nitrogens with zero attached hydrogens (tertiary/aromatic N) is 3. The second kappa shape index (κ2) is 10.5. The molecule has 172 valence electrons. The van der Waals surface area contributed by atoms with Crippen LogP contribution in [-0.4, -0.2) is 67.4 Å². The van der Waals surface area contributed by atoms with Gasteiger partial charge in [0.1, 0.15) is 0 Å². The van der Waals surface area contributed by atoms with E-state index in [1.807, 2.05) is 47.1 Å². The molecule has 2 amide bonds. The molecule has 0 aromatic heterocycles. The molecule has 32 heavy (non-hydrogen) atoms. The monoisotopic (exact) mass is 448 g/mol. The summed E-state index contributed by atoms with van der Waals surface area (Å²) >= 11 is 0. The number of halogens is 3. The van der Waals surface area contributed by atoms with Crippen molar-refractivity contribution in [2.45, 2.75) is 13.1 Å². The van der Waals surface area contributed by atoms with Gasteiger partial charge in [-0.3, -0.25) is 14.5 Å². The van der Waals surface area contributed by atoms with Gasteiger partial charge >= 0.3 is 6.18 Å². The second-order valence-corrected chi connectivity index (χ2v) is 7.60. The highest BCUT2D eigenvalue weighted by atomic mass is 19.4. The Hall–Kier alpha value is -3.07. The molecule has 0 spiro atoms. The van der Waals surface area contributed by atoms with Crippen molar-refractivity contribution in [2.24, 2.45) is 0 Å². The molecule has 1 heterocycles. The summed E-state index contributed by atoms with van der Waals surface area (Å²) in [7, 11) is 0. The lowest BCUT2D eigenvalue weighted by atomic mass is 10.1. The summed E-state index contributed by atoms with van der Waals surface area (Å²) in [5.41, 5.74) is -0.139. The van der Waals surface area contributed by atoms with Gasteiger partial charge in [-0.25, -0.2) is 0 Å². The van der Waals surface area contributed by atoms with Crippen LogP contribution in [0.2, 0.25) is 0 Å². The molecule has 1 N–H and O–H groups in total. The lowest BCUT2D eigenvalue weighted by Crippen LogP contribution is -2.52. The first-order valence-electron chi connectivity index (χ1n) is 10.5. The maximum absolute atomic E-state index is 13.1. The summed E-state index contributed by atoms with van der Waals surface area (Å²) in [6.45, 7) is 4.85. The molecule has 0 unspecified atom stereocenters. The number of alkyl halides is 3. The van der Waals surface area contributed by atoms with Crippen LogP contribution >= 0.6 is 0 Å². The molecule has 0 bridgehead atoms. The largest absolute Gasteiger partial charge is 0.418 e. The summed E-state index contributed by atoms with van der Waals surface area (Å²) in [6, 6.07) is 14.6. The van der Waals surface area contributed by atoms with Gasteiger partial charge in [-0.15, -0.1) is 0 Å². The first-order valence-corrected chi connectivity index (χ1v) is 10.5. The molecular formula is C23H27F3N4O2. The average Bonchev–Trinajstić information content (AvgIpc) is 2.78. The lowest BCUT2D eigenvalue weighted by molar-refractivity contribution is -0.137. The second-order valence-electron chi connectivity index (χ2n) is 7.60. The van der Waals surface area contributed by atoms with Gasteiger partial charge in [0.2, 0.25) is 11.8 Å². The predicted molar refractivity (Wildman–Crippen MR) is 117 cm³/mol. The van der Waals surface area contributed by atoms with Gasteiger partial charge in [-0.1, -0.05) is 30.3 Å². The number of rotatable bonds is 7. The van der Waals surface area contributed by atoms with E-state index in [9.17, 15) is 22.8 Å². The maximum Gasteiger partial charge on any atom is 0.418 e. The van der Waals surface area contributed by atoms with E-state index in [-0.39, 0.29) is 24.7 Å². The number of amides is 2. The summed E-state index contributed by atoms with van der Waals surface area (Å²) in [6.07, 6.45) is -4.54. The Bertz CT molecular complexity index is 913. The van der Waals surface area contributed by atoms with E-state index >= 15 is 0 Å². The molecular weight excluding hydrogens is 421 g/mol. The zero-order valence-corrected chi connectivity index (χ0v) is 17.9. The Morgan fingerprint density at radius 2 is 1.59 bits per heavy atom. The smallest absolute Gasteiger partial charge is 0.362 e. The van der Waals surface area contributed by atoms with E-state index < -0.39 is 17.6 Å². The van der Waals surface area contributed by atoms with Crippen molar-refractivity contribution in [2.75, 3.05) is 56.0 Å². The van der Waals surface area contributed by atoms with Crippen molar-refractivity contribution >= 4 is 23.2 Å². The molecule has 3 rings (SSSR count). The van der Waals surface area contributed by atoms with Crippen molar-refractivity contribution < 1.29 is 22.8 Å². The zero-order chi connectivity index (χ0) is 23.1. The SMILES string of the molecule is CCN(CC(=O)N1CCN(CC(=O)Nc2ccccc2C(F)(F)F)CC1)c1ccccc1. The molecule has 1 aliphatic rings. The molecule has 2 aromatic carbocycles. The van der Waals surface area contributed by atoms with Crippen LogP contribution in [0.5, 0.6) is 0 Å².